The van der Waals surface area contributed by atoms with E-state index in [2.05, 4.69) is 10.6 Å². The second kappa shape index (κ2) is 15.9. The normalized spacial score (nSPS) is 12.9. The fraction of sp³-hybridized carbons (Fsp3) is 0.257. The number of rotatable bonds is 13. The number of hydrogen-bond acceptors (Lipinski definition) is 6. The third kappa shape index (κ3) is 8.22. The van der Waals surface area contributed by atoms with Crippen molar-refractivity contribution in [1.82, 2.24) is 20.1 Å². The zero-order valence-electron chi connectivity index (χ0n) is 25.0. The maximum absolute atomic E-state index is 13.8. The van der Waals surface area contributed by atoms with Gasteiger partial charge in [-0.05, 0) is 61.6 Å². The Kier molecular flexibility index (Phi) is 11.5. The lowest BCUT2D eigenvalue weighted by molar-refractivity contribution is -0.145. The molecule has 1 aromatic heterocycles. The molecule has 3 aromatic rings. The van der Waals surface area contributed by atoms with Crippen LogP contribution in [0, 0.1) is 0 Å². The highest BCUT2D eigenvalue weighted by molar-refractivity contribution is 5.96. The van der Waals surface area contributed by atoms with E-state index in [1.165, 1.54) is 17.6 Å². The van der Waals surface area contributed by atoms with E-state index in [1.807, 2.05) is 85.0 Å². The van der Waals surface area contributed by atoms with Crippen molar-refractivity contribution in [3.8, 4) is 0 Å². The first-order valence-corrected chi connectivity index (χ1v) is 14.8. The zero-order valence-corrected chi connectivity index (χ0v) is 25.0. The number of aromatic nitrogens is 1. The Bertz CT molecular complexity index is 1540. The third-order valence-corrected chi connectivity index (χ3v) is 7.20. The molecule has 4 rings (SSSR count). The van der Waals surface area contributed by atoms with Crippen LogP contribution in [-0.2, 0) is 14.3 Å². The van der Waals surface area contributed by atoms with Gasteiger partial charge in [0, 0.05) is 25.9 Å². The van der Waals surface area contributed by atoms with E-state index in [0.29, 0.717) is 25.2 Å². The molecule has 2 heterocycles. The number of nitrogens with zero attached hydrogens (tertiary/aromatic N) is 2. The summed E-state index contributed by atoms with van der Waals surface area (Å²) >= 11 is 0. The molecular weight excluding hydrogens is 556 g/mol. The summed E-state index contributed by atoms with van der Waals surface area (Å²) in [6.45, 7) is 3.76. The van der Waals surface area contributed by atoms with E-state index in [9.17, 15) is 19.2 Å². The van der Waals surface area contributed by atoms with Gasteiger partial charge >= 0.3 is 5.97 Å². The molecule has 0 fully saturated rings. The van der Waals surface area contributed by atoms with Crippen LogP contribution in [0.4, 0.5) is 0 Å². The van der Waals surface area contributed by atoms with Crippen molar-refractivity contribution in [2.45, 2.75) is 45.2 Å². The number of esters is 1. The summed E-state index contributed by atoms with van der Waals surface area (Å²) in [6, 6.07) is 20.9. The smallest absolute Gasteiger partial charge is 0.328 e. The number of amides is 2. The maximum atomic E-state index is 13.8. The van der Waals surface area contributed by atoms with Crippen LogP contribution < -0.4 is 16.2 Å². The summed E-state index contributed by atoms with van der Waals surface area (Å²) in [5.74, 6) is -0.691. The summed E-state index contributed by atoms with van der Waals surface area (Å²) in [5, 5.41) is 5.83. The second-order valence-electron chi connectivity index (χ2n) is 10.2. The molecule has 1 aliphatic rings. The molecule has 0 aliphatic carbocycles. The average Bonchev–Trinajstić information content (AvgIpc) is 3.32. The molecule has 0 saturated carbocycles. The first-order chi connectivity index (χ1) is 21.4. The fourth-order valence-corrected chi connectivity index (χ4v) is 5.08. The SMILES string of the molecule is CCOC(=O)[C@H](CCCCN(C(C)=O)C1=CC=CC=CN1)NC(=O)c1cccn(C(c2ccccc2)c2ccccc2)c1=O. The van der Waals surface area contributed by atoms with Crippen LogP contribution in [0.5, 0.6) is 0 Å². The van der Waals surface area contributed by atoms with Gasteiger partial charge in [0.05, 0.1) is 12.6 Å². The van der Waals surface area contributed by atoms with Crippen LogP contribution in [0.25, 0.3) is 0 Å². The van der Waals surface area contributed by atoms with Gasteiger partial charge in [-0.1, -0.05) is 72.8 Å². The molecule has 0 unspecified atom stereocenters. The Morgan fingerprint density at radius 3 is 2.23 bits per heavy atom. The van der Waals surface area contributed by atoms with Crippen LogP contribution >= 0.6 is 0 Å². The van der Waals surface area contributed by atoms with Gasteiger partial charge < -0.3 is 19.9 Å². The molecule has 2 N–H and O–H groups in total. The molecule has 1 aliphatic heterocycles. The highest BCUT2D eigenvalue weighted by Gasteiger charge is 2.26. The zero-order chi connectivity index (χ0) is 31.3. The maximum Gasteiger partial charge on any atom is 0.328 e. The number of carbonyl (C=O) groups excluding carboxylic acids is 3. The largest absolute Gasteiger partial charge is 0.464 e. The Balaban J connectivity index is 1.50. The van der Waals surface area contributed by atoms with Gasteiger partial charge in [0.1, 0.15) is 17.4 Å². The van der Waals surface area contributed by atoms with Crippen molar-refractivity contribution in [2.24, 2.45) is 0 Å². The van der Waals surface area contributed by atoms with Crippen LogP contribution in [-0.4, -0.2) is 46.4 Å². The minimum Gasteiger partial charge on any atom is -0.464 e. The monoisotopic (exact) mass is 594 g/mol. The minimum atomic E-state index is -0.957. The van der Waals surface area contributed by atoms with Crippen molar-refractivity contribution in [1.29, 1.82) is 0 Å². The van der Waals surface area contributed by atoms with Gasteiger partial charge in [0.2, 0.25) is 5.91 Å². The Morgan fingerprint density at radius 1 is 0.909 bits per heavy atom. The molecule has 228 valence electrons. The van der Waals surface area contributed by atoms with Crippen molar-refractivity contribution >= 4 is 17.8 Å². The number of ether oxygens (including phenoxy) is 1. The van der Waals surface area contributed by atoms with E-state index < -0.39 is 29.5 Å². The Hall–Kier alpha value is -5.18. The average molecular weight is 595 g/mol. The summed E-state index contributed by atoms with van der Waals surface area (Å²) < 4.78 is 6.78. The first-order valence-electron chi connectivity index (χ1n) is 14.8. The summed E-state index contributed by atoms with van der Waals surface area (Å²) in [7, 11) is 0. The first kappa shape index (κ1) is 31.7. The van der Waals surface area contributed by atoms with Gasteiger partial charge in [-0.25, -0.2) is 4.79 Å². The Morgan fingerprint density at radius 2 is 1.59 bits per heavy atom. The van der Waals surface area contributed by atoms with E-state index in [-0.39, 0.29) is 24.5 Å². The predicted octanol–water partition coefficient (Wildman–Crippen LogP) is 4.68. The molecule has 0 spiro atoms. The molecule has 0 bridgehead atoms. The lowest BCUT2D eigenvalue weighted by atomic mass is 9.98. The molecule has 2 aromatic carbocycles. The molecule has 0 saturated heterocycles. The van der Waals surface area contributed by atoms with Crippen LogP contribution in [0.15, 0.2) is 120 Å². The highest BCUT2D eigenvalue weighted by Crippen LogP contribution is 2.25. The molecule has 9 nitrogen and oxygen atoms in total. The summed E-state index contributed by atoms with van der Waals surface area (Å²) in [4.78, 5) is 54.0. The van der Waals surface area contributed by atoms with Gasteiger partial charge in [-0.3, -0.25) is 19.3 Å². The number of benzene rings is 2. The standard InChI is InChI=1S/C35H38N4O5/c1-3-44-35(43)30(21-12-14-24-38(26(2)40)31-22-11-6-13-23-36-31)37-33(41)29-20-15-25-39(34(29)42)32(27-16-7-4-8-17-27)28-18-9-5-10-19-28/h4-11,13,15-20,22-23,25,30,32,36H,3,12,14,21,24H2,1-2H3,(H,37,41)/t30-/m0/s1. The van der Waals surface area contributed by atoms with E-state index >= 15 is 0 Å². The summed E-state index contributed by atoms with van der Waals surface area (Å²) in [5.41, 5.74) is 1.23. The summed E-state index contributed by atoms with van der Waals surface area (Å²) in [6.07, 6.45) is 12.1. The second-order valence-corrected chi connectivity index (χ2v) is 10.2. The topological polar surface area (TPSA) is 110 Å². The van der Waals surface area contributed by atoms with E-state index in [0.717, 1.165) is 11.1 Å². The number of carbonyl (C=O) groups is 3. The predicted molar refractivity (Wildman–Crippen MR) is 169 cm³/mol. The van der Waals surface area contributed by atoms with Crippen molar-refractivity contribution in [3.63, 3.8) is 0 Å². The molecular formula is C35H38N4O5. The third-order valence-electron chi connectivity index (χ3n) is 7.20. The van der Waals surface area contributed by atoms with Crippen LogP contribution in [0.2, 0.25) is 0 Å². The molecule has 9 heteroatoms. The molecule has 1 atom stereocenters. The van der Waals surface area contributed by atoms with E-state index in [1.54, 1.807) is 30.3 Å². The van der Waals surface area contributed by atoms with Gasteiger partial charge in [-0.2, -0.15) is 0 Å². The highest BCUT2D eigenvalue weighted by atomic mass is 16.5. The van der Waals surface area contributed by atoms with Gasteiger partial charge in [-0.15, -0.1) is 0 Å². The number of pyridine rings is 1. The lowest BCUT2D eigenvalue weighted by Crippen LogP contribution is -2.44. The number of allylic oxidation sites excluding steroid dienone is 4. The molecule has 2 amide bonds. The number of hydrogen-bond donors (Lipinski definition) is 2. The van der Waals surface area contributed by atoms with Crippen LogP contribution in [0.1, 0.15) is 60.6 Å². The number of unbranched alkanes of at least 4 members (excludes halogenated alkanes) is 1. The fourth-order valence-electron chi connectivity index (χ4n) is 5.08. The quantitative estimate of drug-likeness (QED) is 0.220. The van der Waals surface area contributed by atoms with Gasteiger partial charge in [0.25, 0.3) is 11.5 Å². The molecule has 0 radical (unpaired) electrons. The van der Waals surface area contributed by atoms with Crippen LogP contribution in [0.3, 0.4) is 0 Å². The van der Waals surface area contributed by atoms with Gasteiger partial charge in [0.15, 0.2) is 0 Å². The minimum absolute atomic E-state index is 0.0751. The Labute approximate surface area is 257 Å². The number of nitrogens with one attached hydrogen (secondary N) is 2. The lowest BCUT2D eigenvalue weighted by Gasteiger charge is -2.24. The van der Waals surface area contributed by atoms with Crippen molar-refractivity contribution in [3.05, 3.63) is 142 Å². The van der Waals surface area contributed by atoms with Crippen molar-refractivity contribution < 1.29 is 19.1 Å². The molecule has 44 heavy (non-hydrogen) atoms. The van der Waals surface area contributed by atoms with E-state index in [4.69, 9.17) is 4.74 Å². The van der Waals surface area contributed by atoms with Crippen molar-refractivity contribution in [2.75, 3.05) is 13.2 Å².